The summed E-state index contributed by atoms with van der Waals surface area (Å²) in [6, 6.07) is 7.87. The summed E-state index contributed by atoms with van der Waals surface area (Å²) in [7, 11) is 2.30. The van der Waals surface area contributed by atoms with E-state index < -0.39 is 23.9 Å². The standard InChI is InChI=1S/C15H16N4O5/c1-9(13(20)16-10-7-5-4-6-8-10)19-12(15(22)24-3)11(17-18-19)14(21)23-2/h4-9H,1-3H3,(H,16,20)/t9-/m1/s1. The molecule has 0 aliphatic heterocycles. The van der Waals surface area contributed by atoms with Gasteiger partial charge in [-0.3, -0.25) is 4.79 Å². The van der Waals surface area contributed by atoms with Gasteiger partial charge in [-0.15, -0.1) is 5.10 Å². The lowest BCUT2D eigenvalue weighted by molar-refractivity contribution is -0.119. The molecule has 1 amide bonds. The normalized spacial score (nSPS) is 11.5. The molecule has 0 aliphatic carbocycles. The number of rotatable bonds is 5. The van der Waals surface area contributed by atoms with Gasteiger partial charge in [-0.25, -0.2) is 14.3 Å². The number of hydrogen-bond acceptors (Lipinski definition) is 7. The van der Waals surface area contributed by atoms with Crippen molar-refractivity contribution in [1.82, 2.24) is 15.0 Å². The predicted octanol–water partition coefficient (Wildman–Crippen LogP) is 1.05. The Kier molecular flexibility index (Phi) is 5.25. The van der Waals surface area contributed by atoms with Crippen LogP contribution in [0, 0.1) is 0 Å². The van der Waals surface area contributed by atoms with Crippen LogP contribution in [-0.2, 0) is 14.3 Å². The molecule has 0 bridgehead atoms. The summed E-state index contributed by atoms with van der Waals surface area (Å²) < 4.78 is 10.2. The molecule has 1 heterocycles. The van der Waals surface area contributed by atoms with E-state index in [2.05, 4.69) is 25.1 Å². The number of methoxy groups -OCH3 is 2. The molecule has 0 unspecified atom stereocenters. The van der Waals surface area contributed by atoms with Crippen LogP contribution in [0.5, 0.6) is 0 Å². The third-order valence-corrected chi connectivity index (χ3v) is 3.24. The zero-order valence-corrected chi connectivity index (χ0v) is 13.3. The lowest BCUT2D eigenvalue weighted by atomic mass is 10.2. The van der Waals surface area contributed by atoms with E-state index in [1.807, 2.05) is 6.07 Å². The molecule has 0 saturated heterocycles. The van der Waals surface area contributed by atoms with Crippen molar-refractivity contribution in [3.05, 3.63) is 41.7 Å². The summed E-state index contributed by atoms with van der Waals surface area (Å²) in [5.74, 6) is -2.13. The fraction of sp³-hybridized carbons (Fsp3) is 0.267. The zero-order valence-electron chi connectivity index (χ0n) is 13.3. The van der Waals surface area contributed by atoms with Gasteiger partial charge in [0.05, 0.1) is 14.2 Å². The first-order valence-electron chi connectivity index (χ1n) is 6.97. The molecule has 0 aliphatic rings. The van der Waals surface area contributed by atoms with E-state index in [4.69, 9.17) is 0 Å². The average molecular weight is 332 g/mol. The summed E-state index contributed by atoms with van der Waals surface area (Å²) >= 11 is 0. The van der Waals surface area contributed by atoms with Crippen LogP contribution in [0.4, 0.5) is 5.69 Å². The number of anilines is 1. The molecule has 1 aromatic heterocycles. The van der Waals surface area contributed by atoms with Crippen molar-refractivity contribution in [1.29, 1.82) is 0 Å². The number of benzene rings is 1. The Morgan fingerprint density at radius 2 is 1.71 bits per heavy atom. The van der Waals surface area contributed by atoms with Crippen molar-refractivity contribution in [2.75, 3.05) is 19.5 Å². The van der Waals surface area contributed by atoms with Gasteiger partial charge in [0.15, 0.2) is 5.69 Å². The molecular weight excluding hydrogens is 316 g/mol. The van der Waals surface area contributed by atoms with Gasteiger partial charge in [0.25, 0.3) is 0 Å². The first-order chi connectivity index (χ1) is 11.5. The number of aromatic nitrogens is 3. The highest BCUT2D eigenvalue weighted by molar-refractivity contribution is 6.01. The molecule has 9 heteroatoms. The van der Waals surface area contributed by atoms with Crippen LogP contribution in [-0.4, -0.2) is 47.1 Å². The van der Waals surface area contributed by atoms with Crippen LogP contribution in [0.3, 0.4) is 0 Å². The van der Waals surface area contributed by atoms with E-state index in [-0.39, 0.29) is 11.4 Å². The van der Waals surface area contributed by atoms with Gasteiger partial charge < -0.3 is 14.8 Å². The molecule has 2 aromatic rings. The number of hydrogen-bond donors (Lipinski definition) is 1. The Morgan fingerprint density at radius 3 is 2.29 bits per heavy atom. The second-order valence-electron chi connectivity index (χ2n) is 4.75. The third kappa shape index (κ3) is 3.40. The maximum absolute atomic E-state index is 12.4. The first-order valence-corrected chi connectivity index (χ1v) is 6.97. The summed E-state index contributed by atoms with van der Waals surface area (Å²) in [6.07, 6.45) is 0. The SMILES string of the molecule is COC(=O)c1nnn([C@H](C)C(=O)Nc2ccccc2)c1C(=O)OC. The first kappa shape index (κ1) is 17.1. The quantitative estimate of drug-likeness (QED) is 0.814. The monoisotopic (exact) mass is 332 g/mol. The molecule has 126 valence electrons. The topological polar surface area (TPSA) is 112 Å². The maximum atomic E-state index is 12.4. The number of nitrogens with zero attached hydrogens (tertiary/aromatic N) is 3. The number of para-hydroxylation sites is 1. The Bertz CT molecular complexity index is 756. The maximum Gasteiger partial charge on any atom is 0.361 e. The molecule has 2 rings (SSSR count). The predicted molar refractivity (Wildman–Crippen MR) is 82.5 cm³/mol. The number of carbonyl (C=O) groups excluding carboxylic acids is 3. The number of carbonyl (C=O) groups is 3. The number of ether oxygens (including phenoxy) is 2. The molecule has 1 atom stereocenters. The van der Waals surface area contributed by atoms with Gasteiger partial charge in [0, 0.05) is 5.69 Å². The van der Waals surface area contributed by atoms with Crippen molar-refractivity contribution < 1.29 is 23.9 Å². The van der Waals surface area contributed by atoms with Crippen molar-refractivity contribution in [2.45, 2.75) is 13.0 Å². The highest BCUT2D eigenvalue weighted by Gasteiger charge is 2.31. The third-order valence-electron chi connectivity index (χ3n) is 3.24. The van der Waals surface area contributed by atoms with Crippen LogP contribution in [0.25, 0.3) is 0 Å². The smallest absolute Gasteiger partial charge is 0.361 e. The van der Waals surface area contributed by atoms with Crippen LogP contribution < -0.4 is 5.32 Å². The molecule has 0 saturated carbocycles. The molecule has 9 nitrogen and oxygen atoms in total. The minimum atomic E-state index is -0.912. The molecular formula is C15H16N4O5. The van der Waals surface area contributed by atoms with E-state index in [0.717, 1.165) is 18.9 Å². The second-order valence-corrected chi connectivity index (χ2v) is 4.75. The lowest BCUT2D eigenvalue weighted by Crippen LogP contribution is -2.28. The average Bonchev–Trinajstić information content (AvgIpc) is 3.05. The molecule has 0 radical (unpaired) electrons. The summed E-state index contributed by atoms with van der Waals surface area (Å²) in [6.45, 7) is 1.51. The minimum absolute atomic E-state index is 0.250. The van der Waals surface area contributed by atoms with Gasteiger partial charge in [-0.2, -0.15) is 0 Å². The van der Waals surface area contributed by atoms with Gasteiger partial charge in [-0.1, -0.05) is 23.4 Å². The summed E-state index contributed by atoms with van der Waals surface area (Å²) in [5.41, 5.74) is 0.0195. The highest BCUT2D eigenvalue weighted by Crippen LogP contribution is 2.16. The molecule has 0 fully saturated rings. The van der Waals surface area contributed by atoms with E-state index in [9.17, 15) is 14.4 Å². The minimum Gasteiger partial charge on any atom is -0.464 e. The largest absolute Gasteiger partial charge is 0.464 e. The van der Waals surface area contributed by atoms with E-state index in [0.29, 0.717) is 5.69 Å². The van der Waals surface area contributed by atoms with E-state index in [1.165, 1.54) is 6.92 Å². The Morgan fingerprint density at radius 1 is 1.08 bits per heavy atom. The summed E-state index contributed by atoms with van der Waals surface area (Å²) in [4.78, 5) is 36.0. The van der Waals surface area contributed by atoms with Crippen LogP contribution in [0.1, 0.15) is 33.9 Å². The number of esters is 2. The Labute approximate surface area is 137 Å². The van der Waals surface area contributed by atoms with Crippen molar-refractivity contribution >= 4 is 23.5 Å². The lowest BCUT2D eigenvalue weighted by Gasteiger charge is -2.14. The van der Waals surface area contributed by atoms with Gasteiger partial charge >= 0.3 is 11.9 Å². The number of amides is 1. The Hall–Kier alpha value is -3.23. The second kappa shape index (κ2) is 7.36. The van der Waals surface area contributed by atoms with Gasteiger partial charge in [-0.05, 0) is 19.1 Å². The molecule has 1 N–H and O–H groups in total. The van der Waals surface area contributed by atoms with Crippen molar-refractivity contribution in [3.63, 3.8) is 0 Å². The van der Waals surface area contributed by atoms with Gasteiger partial charge in [0.2, 0.25) is 11.6 Å². The fourth-order valence-corrected chi connectivity index (χ4v) is 1.96. The van der Waals surface area contributed by atoms with Crippen LogP contribution >= 0.6 is 0 Å². The number of nitrogens with one attached hydrogen (secondary N) is 1. The van der Waals surface area contributed by atoms with Crippen molar-refractivity contribution in [2.24, 2.45) is 0 Å². The molecule has 1 aromatic carbocycles. The Balaban J connectivity index is 2.33. The van der Waals surface area contributed by atoms with Crippen LogP contribution in [0.15, 0.2) is 30.3 Å². The van der Waals surface area contributed by atoms with Crippen molar-refractivity contribution in [3.8, 4) is 0 Å². The molecule has 0 spiro atoms. The van der Waals surface area contributed by atoms with E-state index >= 15 is 0 Å². The van der Waals surface area contributed by atoms with Crippen LogP contribution in [0.2, 0.25) is 0 Å². The summed E-state index contributed by atoms with van der Waals surface area (Å²) in [5, 5.41) is 10.0. The fourth-order valence-electron chi connectivity index (χ4n) is 1.96. The highest BCUT2D eigenvalue weighted by atomic mass is 16.5. The zero-order chi connectivity index (χ0) is 17.7. The molecule has 24 heavy (non-hydrogen) atoms. The van der Waals surface area contributed by atoms with Gasteiger partial charge in [0.1, 0.15) is 6.04 Å². The van der Waals surface area contributed by atoms with E-state index in [1.54, 1.807) is 24.3 Å².